The fourth-order valence-electron chi connectivity index (χ4n) is 1.89. The van der Waals surface area contributed by atoms with Crippen LogP contribution in [0.4, 0.5) is 0 Å². The van der Waals surface area contributed by atoms with Crippen LogP contribution in [0.15, 0.2) is 28.9 Å². The Morgan fingerprint density at radius 1 is 1.32 bits per heavy atom. The summed E-state index contributed by atoms with van der Waals surface area (Å²) in [5.74, 6) is 0.479. The van der Waals surface area contributed by atoms with Gasteiger partial charge in [0.2, 0.25) is 15.9 Å². The highest BCUT2D eigenvalue weighted by Gasteiger charge is 2.24. The molecule has 1 aliphatic rings. The fraction of sp³-hybridized carbons (Fsp3) is 0.417. The maximum absolute atomic E-state index is 11.9. The topological polar surface area (TPSA) is 70.8 Å². The van der Waals surface area contributed by atoms with Gasteiger partial charge in [0.1, 0.15) is 5.76 Å². The second kappa shape index (κ2) is 5.58. The van der Waals surface area contributed by atoms with Crippen LogP contribution < -0.4 is 0 Å². The Balaban J connectivity index is 1.89. The highest BCUT2D eigenvalue weighted by molar-refractivity contribution is 7.88. The summed E-state index contributed by atoms with van der Waals surface area (Å²) in [4.78, 5) is 13.5. The molecule has 1 aromatic rings. The van der Waals surface area contributed by atoms with Crippen molar-refractivity contribution in [3.05, 3.63) is 30.2 Å². The van der Waals surface area contributed by atoms with Gasteiger partial charge in [-0.15, -0.1) is 0 Å². The second-order valence-corrected chi connectivity index (χ2v) is 6.32. The van der Waals surface area contributed by atoms with Gasteiger partial charge in [0.15, 0.2) is 0 Å². The van der Waals surface area contributed by atoms with Crippen molar-refractivity contribution in [2.45, 2.75) is 0 Å². The van der Waals surface area contributed by atoms with E-state index in [0.29, 0.717) is 31.9 Å². The van der Waals surface area contributed by atoms with Gasteiger partial charge in [-0.1, -0.05) is 0 Å². The number of rotatable bonds is 3. The van der Waals surface area contributed by atoms with Crippen molar-refractivity contribution in [2.24, 2.45) is 0 Å². The molecular weight excluding hydrogens is 268 g/mol. The molecule has 0 saturated carbocycles. The molecular formula is C12H16N2O4S. The smallest absolute Gasteiger partial charge is 0.246 e. The lowest BCUT2D eigenvalue weighted by Gasteiger charge is -2.32. The molecule has 0 aromatic carbocycles. The Labute approximate surface area is 112 Å². The number of hydrogen-bond acceptors (Lipinski definition) is 4. The van der Waals surface area contributed by atoms with E-state index in [1.807, 2.05) is 0 Å². The zero-order valence-electron chi connectivity index (χ0n) is 10.7. The van der Waals surface area contributed by atoms with Crippen LogP contribution in [0.3, 0.4) is 0 Å². The largest absolute Gasteiger partial charge is 0.465 e. The fourth-order valence-corrected chi connectivity index (χ4v) is 2.71. The zero-order chi connectivity index (χ0) is 13.9. The Hall–Kier alpha value is -1.60. The van der Waals surface area contributed by atoms with Crippen molar-refractivity contribution < 1.29 is 17.6 Å². The van der Waals surface area contributed by atoms with Gasteiger partial charge in [-0.25, -0.2) is 8.42 Å². The van der Waals surface area contributed by atoms with E-state index in [0.717, 1.165) is 0 Å². The number of amides is 1. The molecule has 0 aliphatic carbocycles. The van der Waals surface area contributed by atoms with Crippen molar-refractivity contribution in [1.29, 1.82) is 0 Å². The van der Waals surface area contributed by atoms with Crippen LogP contribution in [0.1, 0.15) is 5.76 Å². The minimum Gasteiger partial charge on any atom is -0.465 e. The number of carbonyl (C=O) groups excluding carboxylic acids is 1. The van der Waals surface area contributed by atoms with Gasteiger partial charge in [-0.3, -0.25) is 4.79 Å². The van der Waals surface area contributed by atoms with Crippen molar-refractivity contribution in [2.75, 3.05) is 32.4 Å². The molecule has 0 N–H and O–H groups in total. The van der Waals surface area contributed by atoms with E-state index < -0.39 is 10.0 Å². The van der Waals surface area contributed by atoms with Gasteiger partial charge in [-0.05, 0) is 18.2 Å². The van der Waals surface area contributed by atoms with Crippen molar-refractivity contribution in [3.63, 3.8) is 0 Å². The van der Waals surface area contributed by atoms with E-state index in [1.165, 1.54) is 22.9 Å². The molecule has 1 saturated heterocycles. The first-order valence-electron chi connectivity index (χ1n) is 5.92. The van der Waals surface area contributed by atoms with Gasteiger partial charge in [0.25, 0.3) is 0 Å². The lowest BCUT2D eigenvalue weighted by Crippen LogP contribution is -2.49. The number of piperazine rings is 1. The molecule has 2 heterocycles. The van der Waals surface area contributed by atoms with Gasteiger partial charge in [0, 0.05) is 32.3 Å². The summed E-state index contributed by atoms with van der Waals surface area (Å²) in [6.07, 6.45) is 5.76. The Morgan fingerprint density at radius 3 is 2.53 bits per heavy atom. The number of furan rings is 1. The minimum absolute atomic E-state index is 0.135. The molecule has 0 unspecified atom stereocenters. The Morgan fingerprint density at radius 2 is 2.00 bits per heavy atom. The number of sulfonamides is 1. The SMILES string of the molecule is CS(=O)(=O)N1CCN(C(=O)C=Cc2ccco2)CC1. The third-order valence-corrected chi connectivity index (χ3v) is 4.26. The normalized spacial score (nSPS) is 18.1. The van der Waals surface area contributed by atoms with Crippen molar-refractivity contribution in [1.82, 2.24) is 9.21 Å². The summed E-state index contributed by atoms with van der Waals surface area (Å²) in [7, 11) is -3.16. The standard InChI is InChI=1S/C12H16N2O4S/c1-19(16,17)14-8-6-13(7-9-14)12(15)5-4-11-3-2-10-18-11/h2-5,10H,6-9H2,1H3. The Kier molecular flexibility index (Phi) is 4.06. The average molecular weight is 284 g/mol. The summed E-state index contributed by atoms with van der Waals surface area (Å²) in [6, 6.07) is 3.50. The molecule has 1 aliphatic heterocycles. The van der Waals surface area contributed by atoms with Crippen LogP contribution in [0.25, 0.3) is 6.08 Å². The van der Waals surface area contributed by atoms with Crippen LogP contribution in [0, 0.1) is 0 Å². The first kappa shape index (κ1) is 13.8. The molecule has 6 nitrogen and oxygen atoms in total. The van der Waals surface area contributed by atoms with E-state index in [1.54, 1.807) is 23.1 Å². The highest BCUT2D eigenvalue weighted by atomic mass is 32.2. The third-order valence-electron chi connectivity index (χ3n) is 2.95. The van der Waals surface area contributed by atoms with Gasteiger partial charge in [0.05, 0.1) is 12.5 Å². The molecule has 0 radical (unpaired) electrons. The van der Waals surface area contributed by atoms with Crippen LogP contribution in [0.5, 0.6) is 0 Å². The summed E-state index contributed by atoms with van der Waals surface area (Å²) in [5.41, 5.74) is 0. The van der Waals surface area contributed by atoms with E-state index in [-0.39, 0.29) is 5.91 Å². The van der Waals surface area contributed by atoms with E-state index in [4.69, 9.17) is 4.42 Å². The monoisotopic (exact) mass is 284 g/mol. The van der Waals surface area contributed by atoms with Gasteiger partial charge in [-0.2, -0.15) is 4.31 Å². The lowest BCUT2D eigenvalue weighted by molar-refractivity contribution is -0.127. The third kappa shape index (κ3) is 3.68. The molecule has 104 valence electrons. The zero-order valence-corrected chi connectivity index (χ0v) is 11.5. The predicted molar refractivity (Wildman–Crippen MR) is 70.7 cm³/mol. The summed E-state index contributed by atoms with van der Waals surface area (Å²) in [5, 5.41) is 0. The van der Waals surface area contributed by atoms with Crippen LogP contribution in [-0.2, 0) is 14.8 Å². The van der Waals surface area contributed by atoms with E-state index >= 15 is 0 Å². The quantitative estimate of drug-likeness (QED) is 0.753. The molecule has 0 bridgehead atoms. The summed E-state index contributed by atoms with van der Waals surface area (Å²) in [6.45, 7) is 1.52. The molecule has 2 rings (SSSR count). The van der Waals surface area contributed by atoms with E-state index in [2.05, 4.69) is 0 Å². The summed E-state index contributed by atoms with van der Waals surface area (Å²) >= 11 is 0. The predicted octanol–water partition coefficient (Wildman–Crippen LogP) is 0.397. The van der Waals surface area contributed by atoms with Crippen LogP contribution in [0.2, 0.25) is 0 Å². The summed E-state index contributed by atoms with van der Waals surface area (Å²) < 4.78 is 29.1. The Bertz CT molecular complexity index is 555. The first-order chi connectivity index (χ1) is 8.97. The maximum atomic E-state index is 11.9. The highest BCUT2D eigenvalue weighted by Crippen LogP contribution is 2.08. The van der Waals surface area contributed by atoms with E-state index in [9.17, 15) is 13.2 Å². The maximum Gasteiger partial charge on any atom is 0.246 e. The molecule has 7 heteroatoms. The molecule has 0 atom stereocenters. The molecule has 1 fully saturated rings. The molecule has 19 heavy (non-hydrogen) atoms. The first-order valence-corrected chi connectivity index (χ1v) is 7.77. The number of hydrogen-bond donors (Lipinski definition) is 0. The van der Waals surface area contributed by atoms with Gasteiger partial charge >= 0.3 is 0 Å². The average Bonchev–Trinajstić information content (AvgIpc) is 2.88. The molecule has 0 spiro atoms. The molecule has 1 aromatic heterocycles. The number of carbonyl (C=O) groups is 1. The van der Waals surface area contributed by atoms with Crippen molar-refractivity contribution >= 4 is 22.0 Å². The van der Waals surface area contributed by atoms with Gasteiger partial charge < -0.3 is 9.32 Å². The molecule has 1 amide bonds. The van der Waals surface area contributed by atoms with Crippen molar-refractivity contribution in [3.8, 4) is 0 Å². The minimum atomic E-state index is -3.16. The lowest BCUT2D eigenvalue weighted by atomic mass is 10.3. The van der Waals surface area contributed by atoms with Crippen LogP contribution in [-0.4, -0.2) is 56.0 Å². The second-order valence-electron chi connectivity index (χ2n) is 4.34. The number of nitrogens with zero attached hydrogens (tertiary/aromatic N) is 2. The van der Waals surface area contributed by atoms with Crippen LogP contribution >= 0.6 is 0 Å².